The van der Waals surface area contributed by atoms with E-state index >= 15 is 0 Å². The predicted octanol–water partition coefficient (Wildman–Crippen LogP) is 4.32. The van der Waals surface area contributed by atoms with Crippen molar-refractivity contribution in [1.82, 2.24) is 5.43 Å². The van der Waals surface area contributed by atoms with Crippen molar-refractivity contribution in [2.45, 2.75) is 25.6 Å². The number of methoxy groups -OCH3 is 1. The summed E-state index contributed by atoms with van der Waals surface area (Å²) < 4.78 is 69.3. The number of hydrazine groups is 1. The number of hydrogen-bond acceptors (Lipinski definition) is 5. The van der Waals surface area contributed by atoms with E-state index in [-0.39, 0.29) is 12.1 Å². The van der Waals surface area contributed by atoms with Crippen molar-refractivity contribution in [2.24, 2.45) is 11.6 Å². The van der Waals surface area contributed by atoms with Crippen molar-refractivity contribution in [3.63, 3.8) is 0 Å². The van der Waals surface area contributed by atoms with Crippen LogP contribution in [0.3, 0.4) is 0 Å². The quantitative estimate of drug-likeness (QED) is 0.174. The molecule has 0 heterocycles. The number of hydrogen-bond donors (Lipinski definition) is 4. The summed E-state index contributed by atoms with van der Waals surface area (Å²) in [5, 5.41) is 0. The van der Waals surface area contributed by atoms with Gasteiger partial charge in [0.1, 0.15) is 17.4 Å². The van der Waals surface area contributed by atoms with Crippen LogP contribution in [-0.2, 0) is 25.6 Å². The third-order valence-electron chi connectivity index (χ3n) is 5.07. The summed E-state index contributed by atoms with van der Waals surface area (Å²) >= 11 is 0. The molecule has 184 valence electrons. The van der Waals surface area contributed by atoms with E-state index in [0.29, 0.717) is 42.0 Å². The Morgan fingerprint density at radius 1 is 0.941 bits per heavy atom. The third kappa shape index (κ3) is 7.14. The smallest absolute Gasteiger partial charge is 0.416 e. The molecule has 7 N–H and O–H groups in total. The van der Waals surface area contributed by atoms with Crippen molar-refractivity contribution in [1.29, 1.82) is 0 Å². The maximum absolute atomic E-state index is 14.0. The van der Waals surface area contributed by atoms with Crippen LogP contribution in [0.1, 0.15) is 27.8 Å². The summed E-state index contributed by atoms with van der Waals surface area (Å²) in [6, 6.07) is 12.8. The van der Waals surface area contributed by atoms with Gasteiger partial charge in [0.15, 0.2) is 0 Å². The van der Waals surface area contributed by atoms with Gasteiger partial charge in [0.25, 0.3) is 0 Å². The highest BCUT2D eigenvalue weighted by Crippen LogP contribution is 2.31. The molecule has 0 fully saturated rings. The van der Waals surface area contributed by atoms with Gasteiger partial charge >= 0.3 is 6.18 Å². The highest BCUT2D eigenvalue weighted by molar-refractivity contribution is 5.59. The highest BCUT2D eigenvalue weighted by atomic mass is 19.4. The Kier molecular flexibility index (Phi) is 9.79. The summed E-state index contributed by atoms with van der Waals surface area (Å²) in [5.41, 5.74) is 15.3. The molecule has 0 bridgehead atoms. The zero-order valence-corrected chi connectivity index (χ0v) is 18.6. The van der Waals surface area contributed by atoms with Gasteiger partial charge in [0.05, 0.1) is 18.4 Å². The standard InChI is InChI=1S/C16H19F2N3O.C8H8F3N/c1-22-15-4-2-3-10(16(15)19)7-11-8-12(17)9-14(18)13(11)5-6-21-20;9-8(10,11)7-4-2-1-3-6(7)5-12/h2-4,8-9,21H,5-7,19-20H2,1H3;1-4H,5,12H2. The number of halogens is 5. The van der Waals surface area contributed by atoms with Gasteiger partial charge in [-0.2, -0.15) is 13.2 Å². The van der Waals surface area contributed by atoms with Gasteiger partial charge in [-0.25, -0.2) is 8.78 Å². The lowest BCUT2D eigenvalue weighted by atomic mass is 9.96. The van der Waals surface area contributed by atoms with Crippen LogP contribution < -0.4 is 27.5 Å². The second kappa shape index (κ2) is 12.3. The molecule has 0 atom stereocenters. The van der Waals surface area contributed by atoms with E-state index in [0.717, 1.165) is 17.7 Å². The Morgan fingerprint density at radius 3 is 2.21 bits per heavy atom. The SMILES string of the molecule is COc1cccc(Cc2cc(F)cc(F)c2CCNN)c1N.NCc1ccccc1C(F)(F)F. The molecule has 0 spiro atoms. The molecule has 0 aliphatic rings. The van der Waals surface area contributed by atoms with E-state index < -0.39 is 23.4 Å². The molecule has 0 amide bonds. The zero-order valence-electron chi connectivity index (χ0n) is 18.6. The third-order valence-corrected chi connectivity index (χ3v) is 5.07. The minimum absolute atomic E-state index is 0.0876. The van der Waals surface area contributed by atoms with E-state index in [2.05, 4.69) is 5.43 Å². The fraction of sp³-hybridized carbons (Fsp3) is 0.250. The topological polar surface area (TPSA) is 99.3 Å². The van der Waals surface area contributed by atoms with Crippen LogP contribution in [0.25, 0.3) is 0 Å². The van der Waals surface area contributed by atoms with Gasteiger partial charge in [-0.05, 0) is 46.9 Å². The van der Waals surface area contributed by atoms with E-state index in [9.17, 15) is 22.0 Å². The molecule has 5 nitrogen and oxygen atoms in total. The Labute approximate surface area is 194 Å². The largest absolute Gasteiger partial charge is 0.495 e. The lowest BCUT2D eigenvalue weighted by Gasteiger charge is -2.14. The van der Waals surface area contributed by atoms with Crippen LogP contribution in [0.15, 0.2) is 54.6 Å². The molecule has 0 unspecified atom stereocenters. The Balaban J connectivity index is 0.000000287. The van der Waals surface area contributed by atoms with Gasteiger partial charge in [0.2, 0.25) is 0 Å². The fourth-order valence-corrected chi connectivity index (χ4v) is 3.39. The second-order valence-corrected chi connectivity index (χ2v) is 7.30. The van der Waals surface area contributed by atoms with Gasteiger partial charge in [-0.1, -0.05) is 30.3 Å². The summed E-state index contributed by atoms with van der Waals surface area (Å²) in [4.78, 5) is 0. The maximum Gasteiger partial charge on any atom is 0.416 e. The number of nitrogens with two attached hydrogens (primary N) is 3. The first-order valence-corrected chi connectivity index (χ1v) is 10.3. The van der Waals surface area contributed by atoms with Gasteiger partial charge in [-0.15, -0.1) is 0 Å². The van der Waals surface area contributed by atoms with Crippen LogP contribution >= 0.6 is 0 Å². The van der Waals surface area contributed by atoms with Gasteiger partial charge < -0.3 is 16.2 Å². The lowest BCUT2D eigenvalue weighted by molar-refractivity contribution is -0.138. The van der Waals surface area contributed by atoms with E-state index in [1.54, 1.807) is 12.1 Å². The molecular weight excluding hydrogens is 455 g/mol. The molecule has 3 aromatic rings. The number of para-hydroxylation sites is 1. The number of nitrogen functional groups attached to an aromatic ring is 1. The van der Waals surface area contributed by atoms with Crippen molar-refractivity contribution in [2.75, 3.05) is 19.4 Å². The van der Waals surface area contributed by atoms with E-state index in [1.165, 1.54) is 31.4 Å². The van der Waals surface area contributed by atoms with E-state index in [1.807, 2.05) is 6.07 Å². The van der Waals surface area contributed by atoms with E-state index in [4.69, 9.17) is 22.0 Å². The van der Waals surface area contributed by atoms with Crippen molar-refractivity contribution < 1.29 is 26.7 Å². The number of alkyl halides is 3. The van der Waals surface area contributed by atoms with Crippen molar-refractivity contribution in [3.05, 3.63) is 94.0 Å². The fourth-order valence-electron chi connectivity index (χ4n) is 3.39. The molecular formula is C24H27F5N4O. The lowest BCUT2D eigenvalue weighted by Crippen LogP contribution is -2.25. The van der Waals surface area contributed by atoms with Crippen LogP contribution in [-0.4, -0.2) is 13.7 Å². The number of nitrogens with one attached hydrogen (secondary N) is 1. The zero-order chi connectivity index (χ0) is 25.3. The molecule has 3 aromatic carbocycles. The summed E-state index contributed by atoms with van der Waals surface area (Å²) in [6.07, 6.45) is -3.62. The monoisotopic (exact) mass is 482 g/mol. The highest BCUT2D eigenvalue weighted by Gasteiger charge is 2.32. The molecule has 0 radical (unpaired) electrons. The summed E-state index contributed by atoms with van der Waals surface area (Å²) in [7, 11) is 1.52. The van der Waals surface area contributed by atoms with Crippen molar-refractivity contribution >= 4 is 5.69 Å². The molecule has 3 rings (SSSR count). The van der Waals surface area contributed by atoms with Gasteiger partial charge in [0, 0.05) is 25.6 Å². The number of anilines is 1. The Morgan fingerprint density at radius 2 is 1.62 bits per heavy atom. The van der Waals surface area contributed by atoms with Gasteiger partial charge in [-0.3, -0.25) is 11.3 Å². The molecule has 0 aromatic heterocycles. The minimum atomic E-state index is -4.30. The molecule has 0 aliphatic heterocycles. The molecule has 0 saturated heterocycles. The molecule has 10 heteroatoms. The summed E-state index contributed by atoms with van der Waals surface area (Å²) in [6.45, 7) is 0.304. The number of benzene rings is 3. The second-order valence-electron chi connectivity index (χ2n) is 7.30. The summed E-state index contributed by atoms with van der Waals surface area (Å²) in [5.74, 6) is 4.59. The van der Waals surface area contributed by atoms with Crippen LogP contribution in [0, 0.1) is 11.6 Å². The average Bonchev–Trinajstić information content (AvgIpc) is 2.79. The molecule has 0 aliphatic carbocycles. The Hall–Kier alpha value is -3.21. The first-order valence-electron chi connectivity index (χ1n) is 10.3. The normalized spacial score (nSPS) is 11.1. The number of rotatable bonds is 7. The molecule has 0 saturated carbocycles. The predicted molar refractivity (Wildman–Crippen MR) is 122 cm³/mol. The van der Waals surface area contributed by atoms with Crippen molar-refractivity contribution in [3.8, 4) is 5.75 Å². The minimum Gasteiger partial charge on any atom is -0.495 e. The molecule has 34 heavy (non-hydrogen) atoms. The number of ether oxygens (including phenoxy) is 1. The first-order chi connectivity index (χ1) is 16.1. The van der Waals surface area contributed by atoms with Crippen LogP contribution in [0.2, 0.25) is 0 Å². The van der Waals surface area contributed by atoms with Crippen LogP contribution in [0.5, 0.6) is 5.75 Å². The van der Waals surface area contributed by atoms with Crippen LogP contribution in [0.4, 0.5) is 27.6 Å². The average molecular weight is 482 g/mol. The first kappa shape index (κ1) is 27.0. The maximum atomic E-state index is 14.0. The Bertz CT molecular complexity index is 1090.